The first-order chi connectivity index (χ1) is 10.8. The average molecular weight is 446 g/mol. The van der Waals surface area contributed by atoms with Gasteiger partial charge in [0.25, 0.3) is 5.69 Å². The van der Waals surface area contributed by atoms with Crippen LogP contribution in [0.4, 0.5) is 5.69 Å². The zero-order valence-electron chi connectivity index (χ0n) is 11.7. The van der Waals surface area contributed by atoms with Gasteiger partial charge in [0.2, 0.25) is 0 Å². The summed E-state index contributed by atoms with van der Waals surface area (Å²) in [6, 6.07) is 4.97. The minimum absolute atomic E-state index is 0.0764. The number of benzene rings is 1. The number of allylic oxidation sites excluding steroid dienone is 2. The average Bonchev–Trinajstić information content (AvgIpc) is 2.54. The van der Waals surface area contributed by atoms with Crippen molar-refractivity contribution in [2.24, 2.45) is 5.16 Å². The number of non-ortho nitro benzene ring substituents is 1. The molecule has 0 heterocycles. The first-order valence-electron chi connectivity index (χ1n) is 6.35. The molecule has 0 bridgehead atoms. The monoisotopic (exact) mass is 444 g/mol. The molecule has 0 saturated carbocycles. The Hall–Kier alpha value is -1.87. The Balaban J connectivity index is 2.14. The minimum Gasteiger partial charge on any atom is -0.313 e. The molecule has 0 N–H and O–H groups in total. The lowest BCUT2D eigenvalue weighted by Gasteiger charge is -2.20. The Morgan fingerprint density at radius 3 is 2.43 bits per heavy atom. The number of hydrogen-bond donors (Lipinski definition) is 0. The second-order valence-corrected chi connectivity index (χ2v) is 6.67. The van der Waals surface area contributed by atoms with Crippen LogP contribution in [0.5, 0.6) is 0 Å². The minimum atomic E-state index is -0.749. The molecule has 0 fully saturated rings. The van der Waals surface area contributed by atoms with E-state index in [1.165, 1.54) is 30.3 Å². The van der Waals surface area contributed by atoms with E-state index in [-0.39, 0.29) is 17.0 Å². The van der Waals surface area contributed by atoms with Crippen molar-refractivity contribution < 1.29 is 19.3 Å². The van der Waals surface area contributed by atoms with Crippen LogP contribution in [0, 0.1) is 10.1 Å². The van der Waals surface area contributed by atoms with Crippen LogP contribution < -0.4 is 0 Å². The number of nitro groups is 1. The van der Waals surface area contributed by atoms with Gasteiger partial charge in [-0.2, -0.15) is 0 Å². The van der Waals surface area contributed by atoms with Gasteiger partial charge in [-0.1, -0.05) is 37.0 Å². The van der Waals surface area contributed by atoms with Crippen molar-refractivity contribution in [2.75, 3.05) is 0 Å². The van der Waals surface area contributed by atoms with E-state index in [4.69, 9.17) is 4.84 Å². The molecule has 1 aromatic carbocycles. The molecule has 0 aromatic heterocycles. The van der Waals surface area contributed by atoms with E-state index in [0.29, 0.717) is 11.3 Å². The van der Waals surface area contributed by atoms with E-state index in [1.54, 1.807) is 6.92 Å². The van der Waals surface area contributed by atoms with Crippen LogP contribution in [0.15, 0.2) is 41.1 Å². The summed E-state index contributed by atoms with van der Waals surface area (Å²) < 4.78 is 0. The molecule has 0 spiro atoms. The number of oxime groups is 1. The molecule has 23 heavy (non-hydrogen) atoms. The normalized spacial score (nSPS) is 22.7. The molecular weight excluding hydrogens is 436 g/mol. The number of carbonyl (C=O) groups excluding carboxylic acids is 2. The van der Waals surface area contributed by atoms with Crippen molar-refractivity contribution >= 4 is 55.0 Å². The third-order valence-corrected chi connectivity index (χ3v) is 5.74. The smallest absolute Gasteiger partial charge is 0.313 e. The summed E-state index contributed by atoms with van der Waals surface area (Å²) in [5, 5.41) is 14.3. The Labute approximate surface area is 147 Å². The van der Waals surface area contributed by atoms with Crippen LogP contribution in [0.1, 0.15) is 17.3 Å². The second-order valence-electron chi connectivity index (χ2n) is 4.69. The molecule has 1 aliphatic rings. The van der Waals surface area contributed by atoms with Crippen molar-refractivity contribution in [3.8, 4) is 0 Å². The summed E-state index contributed by atoms with van der Waals surface area (Å²) in [6.07, 6.45) is 1.53. The first kappa shape index (κ1) is 17.5. The summed E-state index contributed by atoms with van der Waals surface area (Å²) >= 11 is 6.56. The van der Waals surface area contributed by atoms with E-state index >= 15 is 0 Å². The predicted octanol–water partition coefficient (Wildman–Crippen LogP) is 3.16. The number of Topliss-reactive ketones (excluding diaryl/α,β-unsaturated/α-hetero) is 1. The lowest BCUT2D eigenvalue weighted by Crippen LogP contribution is -2.35. The molecule has 7 nitrogen and oxygen atoms in total. The fraction of sp³-hybridized carbons (Fsp3) is 0.214. The first-order valence-corrected chi connectivity index (χ1v) is 8.18. The van der Waals surface area contributed by atoms with Crippen LogP contribution in [-0.4, -0.2) is 32.0 Å². The van der Waals surface area contributed by atoms with Crippen molar-refractivity contribution in [3.05, 3.63) is 51.6 Å². The quantitative estimate of drug-likeness (QED) is 0.308. The third-order valence-electron chi connectivity index (χ3n) is 3.09. The Morgan fingerprint density at radius 2 is 1.87 bits per heavy atom. The van der Waals surface area contributed by atoms with Crippen LogP contribution in [-0.2, 0) is 9.63 Å². The molecule has 2 atom stereocenters. The lowest BCUT2D eigenvalue weighted by molar-refractivity contribution is -0.384. The van der Waals surface area contributed by atoms with Gasteiger partial charge in [0.05, 0.1) is 25.9 Å². The molecule has 0 aliphatic heterocycles. The van der Waals surface area contributed by atoms with Crippen LogP contribution in [0.2, 0.25) is 0 Å². The maximum atomic E-state index is 11.9. The number of halogens is 2. The second kappa shape index (κ2) is 7.14. The summed E-state index contributed by atoms with van der Waals surface area (Å²) in [7, 11) is 0. The van der Waals surface area contributed by atoms with Gasteiger partial charge in [-0.05, 0) is 30.7 Å². The number of nitrogens with zero attached hydrogens (tertiary/aromatic N) is 2. The summed E-state index contributed by atoms with van der Waals surface area (Å²) in [5.41, 5.74) is 0.890. The van der Waals surface area contributed by atoms with Gasteiger partial charge in [-0.15, -0.1) is 0 Å². The standard InChI is InChI=1S/C14H10Br2N2O5/c1-7-6-10(11(15)12(16)13(7)19)17-23-14(20)8-2-4-9(5-3-8)18(21)22/h2-6,11-12H,1H3/b17-10+/t11-,12+/m1/s1. The Morgan fingerprint density at radius 1 is 1.26 bits per heavy atom. The van der Waals surface area contributed by atoms with Crippen molar-refractivity contribution in [1.29, 1.82) is 0 Å². The highest BCUT2D eigenvalue weighted by molar-refractivity contribution is 9.12. The van der Waals surface area contributed by atoms with Gasteiger partial charge in [0.15, 0.2) is 5.78 Å². The van der Waals surface area contributed by atoms with E-state index in [0.717, 1.165) is 0 Å². The van der Waals surface area contributed by atoms with E-state index in [2.05, 4.69) is 37.0 Å². The highest BCUT2D eigenvalue weighted by Gasteiger charge is 2.33. The highest BCUT2D eigenvalue weighted by Crippen LogP contribution is 2.26. The van der Waals surface area contributed by atoms with Crippen LogP contribution >= 0.6 is 31.9 Å². The van der Waals surface area contributed by atoms with Gasteiger partial charge >= 0.3 is 5.97 Å². The molecule has 0 saturated heterocycles. The maximum absolute atomic E-state index is 11.9. The molecule has 2 rings (SSSR count). The van der Waals surface area contributed by atoms with Crippen molar-refractivity contribution in [2.45, 2.75) is 16.6 Å². The topological polar surface area (TPSA) is 98.9 Å². The van der Waals surface area contributed by atoms with Gasteiger partial charge < -0.3 is 4.84 Å². The highest BCUT2D eigenvalue weighted by atomic mass is 79.9. The summed E-state index contributed by atoms with van der Waals surface area (Å²) in [4.78, 5) is 37.6. The predicted molar refractivity (Wildman–Crippen MR) is 90.1 cm³/mol. The van der Waals surface area contributed by atoms with Crippen LogP contribution in [0.25, 0.3) is 0 Å². The maximum Gasteiger partial charge on any atom is 0.365 e. The molecule has 0 unspecified atom stereocenters. The SMILES string of the molecule is CC1=C/C(=N\OC(=O)c2ccc([N+](=O)[O-])cc2)[C@@H](Br)[C@H](Br)C1=O. The molecule has 120 valence electrons. The fourth-order valence-corrected chi connectivity index (χ4v) is 2.90. The van der Waals surface area contributed by atoms with Crippen molar-refractivity contribution in [3.63, 3.8) is 0 Å². The summed E-state index contributed by atoms with van der Waals surface area (Å²) in [6.45, 7) is 1.64. The van der Waals surface area contributed by atoms with Crippen LogP contribution in [0.3, 0.4) is 0 Å². The van der Waals surface area contributed by atoms with Gasteiger partial charge in [0.1, 0.15) is 0 Å². The molecule has 1 aliphatic carbocycles. The molecule has 9 heteroatoms. The molecule has 1 aromatic rings. The van der Waals surface area contributed by atoms with E-state index < -0.39 is 20.5 Å². The van der Waals surface area contributed by atoms with Gasteiger partial charge in [-0.3, -0.25) is 14.9 Å². The fourth-order valence-electron chi connectivity index (χ4n) is 1.82. The van der Waals surface area contributed by atoms with Crippen molar-refractivity contribution in [1.82, 2.24) is 0 Å². The Bertz CT molecular complexity index is 727. The van der Waals surface area contributed by atoms with E-state index in [9.17, 15) is 19.7 Å². The number of rotatable bonds is 3. The van der Waals surface area contributed by atoms with Gasteiger partial charge in [0, 0.05) is 12.1 Å². The lowest BCUT2D eigenvalue weighted by atomic mass is 9.98. The van der Waals surface area contributed by atoms with Gasteiger partial charge in [-0.25, -0.2) is 4.79 Å². The Kier molecular flexibility index (Phi) is 5.42. The molecule has 0 radical (unpaired) electrons. The number of carbonyl (C=O) groups is 2. The molecular formula is C14H10Br2N2O5. The largest absolute Gasteiger partial charge is 0.365 e. The number of hydrogen-bond acceptors (Lipinski definition) is 6. The molecule has 0 amide bonds. The number of alkyl halides is 2. The third kappa shape index (κ3) is 3.91. The van der Waals surface area contributed by atoms with E-state index in [1.807, 2.05) is 0 Å². The zero-order valence-corrected chi connectivity index (χ0v) is 14.9. The zero-order chi connectivity index (χ0) is 17.1. The number of nitro benzene ring substituents is 1. The number of ketones is 1. The summed E-state index contributed by atoms with van der Waals surface area (Å²) in [5.74, 6) is -0.825.